The lowest BCUT2D eigenvalue weighted by Crippen LogP contribution is -2.13. The first-order valence-electron chi connectivity index (χ1n) is 5.72. The van der Waals surface area contributed by atoms with E-state index in [4.69, 9.17) is 5.11 Å². The molecule has 0 aliphatic carbocycles. The van der Waals surface area contributed by atoms with Crippen molar-refractivity contribution >= 4 is 0 Å². The van der Waals surface area contributed by atoms with Gasteiger partial charge in [0, 0.05) is 12.5 Å². The third kappa shape index (κ3) is 2.56. The zero-order valence-electron chi connectivity index (χ0n) is 10.8. The maximum Gasteiger partial charge on any atom is 0.119 e. The van der Waals surface area contributed by atoms with Crippen LogP contribution < -0.4 is 0 Å². The lowest BCUT2D eigenvalue weighted by molar-refractivity contribution is 0.272. The van der Waals surface area contributed by atoms with Crippen molar-refractivity contribution in [2.75, 3.05) is 6.61 Å². The Bertz CT molecular complexity index is 375. The smallest absolute Gasteiger partial charge is 0.119 e. The molecule has 2 N–H and O–H groups in total. The zero-order chi connectivity index (χ0) is 12.5. The van der Waals surface area contributed by atoms with Crippen molar-refractivity contribution in [3.63, 3.8) is 0 Å². The molecule has 2 nitrogen and oxygen atoms in total. The predicted molar refractivity (Wildman–Crippen MR) is 67.0 cm³/mol. The van der Waals surface area contributed by atoms with Gasteiger partial charge in [0.05, 0.1) is 0 Å². The third-order valence-corrected chi connectivity index (χ3v) is 3.00. The highest BCUT2D eigenvalue weighted by molar-refractivity contribution is 5.45. The van der Waals surface area contributed by atoms with E-state index in [1.54, 1.807) is 6.07 Å². The lowest BCUT2D eigenvalue weighted by atomic mass is 9.83. The van der Waals surface area contributed by atoms with Crippen LogP contribution in [0, 0.1) is 6.92 Å². The molecular formula is C14H22O2. The van der Waals surface area contributed by atoms with E-state index in [0.717, 1.165) is 16.7 Å². The SMILES string of the molecule is Cc1cc(C(C)(C)C)c(O)cc1C(C)CO. The van der Waals surface area contributed by atoms with E-state index < -0.39 is 0 Å². The molecule has 0 bridgehead atoms. The van der Waals surface area contributed by atoms with Crippen LogP contribution in [0.25, 0.3) is 0 Å². The molecule has 1 aromatic carbocycles. The Kier molecular flexibility index (Phi) is 3.64. The molecule has 90 valence electrons. The third-order valence-electron chi connectivity index (χ3n) is 3.00. The highest BCUT2D eigenvalue weighted by atomic mass is 16.3. The van der Waals surface area contributed by atoms with Crippen LogP contribution in [-0.2, 0) is 5.41 Å². The molecule has 1 unspecified atom stereocenters. The molecule has 16 heavy (non-hydrogen) atoms. The molecule has 0 saturated carbocycles. The Hall–Kier alpha value is -1.02. The van der Waals surface area contributed by atoms with Gasteiger partial charge in [-0.05, 0) is 35.1 Å². The summed E-state index contributed by atoms with van der Waals surface area (Å²) < 4.78 is 0. The van der Waals surface area contributed by atoms with Crippen molar-refractivity contribution in [2.45, 2.75) is 46.0 Å². The number of hydrogen-bond acceptors (Lipinski definition) is 2. The minimum absolute atomic E-state index is 0.0597. The first kappa shape index (κ1) is 13.0. The normalized spacial score (nSPS) is 13.9. The Morgan fingerprint density at radius 2 is 1.81 bits per heavy atom. The second-order valence-electron chi connectivity index (χ2n) is 5.56. The van der Waals surface area contributed by atoms with Gasteiger partial charge in [0.2, 0.25) is 0 Å². The Morgan fingerprint density at radius 1 is 1.25 bits per heavy atom. The molecular weight excluding hydrogens is 200 g/mol. The molecule has 0 aliphatic rings. The summed E-state index contributed by atoms with van der Waals surface area (Å²) in [6, 6.07) is 3.81. The Morgan fingerprint density at radius 3 is 2.25 bits per heavy atom. The highest BCUT2D eigenvalue weighted by Crippen LogP contribution is 2.34. The van der Waals surface area contributed by atoms with Gasteiger partial charge in [-0.1, -0.05) is 33.8 Å². The maximum absolute atomic E-state index is 10.0. The van der Waals surface area contributed by atoms with Gasteiger partial charge in [-0.2, -0.15) is 0 Å². The van der Waals surface area contributed by atoms with Gasteiger partial charge in [-0.3, -0.25) is 0 Å². The number of benzene rings is 1. The number of aryl methyl sites for hydroxylation is 1. The summed E-state index contributed by atoms with van der Waals surface area (Å²) in [5, 5.41) is 19.2. The number of rotatable bonds is 2. The quantitative estimate of drug-likeness (QED) is 0.807. The minimum atomic E-state index is -0.0597. The molecule has 0 amide bonds. The van der Waals surface area contributed by atoms with Gasteiger partial charge < -0.3 is 10.2 Å². The van der Waals surface area contributed by atoms with Crippen LogP contribution in [0.2, 0.25) is 0 Å². The monoisotopic (exact) mass is 222 g/mol. The summed E-state index contributed by atoms with van der Waals surface area (Å²) in [6.45, 7) is 10.3. The molecule has 0 saturated heterocycles. The van der Waals surface area contributed by atoms with Crippen molar-refractivity contribution < 1.29 is 10.2 Å². The topological polar surface area (TPSA) is 40.5 Å². The van der Waals surface area contributed by atoms with Gasteiger partial charge in [0.1, 0.15) is 5.75 Å². The van der Waals surface area contributed by atoms with E-state index in [9.17, 15) is 5.11 Å². The molecule has 0 aromatic heterocycles. The number of aliphatic hydroxyl groups is 1. The van der Waals surface area contributed by atoms with Crippen LogP contribution in [0.5, 0.6) is 5.75 Å². The number of phenolic OH excluding ortho intramolecular Hbond substituents is 1. The average Bonchev–Trinajstić information content (AvgIpc) is 2.18. The summed E-state index contributed by atoms with van der Waals surface area (Å²) in [5.41, 5.74) is 3.05. The van der Waals surface area contributed by atoms with Crippen molar-refractivity contribution in [1.29, 1.82) is 0 Å². The van der Waals surface area contributed by atoms with Crippen molar-refractivity contribution in [3.05, 3.63) is 28.8 Å². The van der Waals surface area contributed by atoms with E-state index in [0.29, 0.717) is 5.75 Å². The summed E-state index contributed by atoms with van der Waals surface area (Å²) in [7, 11) is 0. The average molecular weight is 222 g/mol. The van der Waals surface area contributed by atoms with Crippen molar-refractivity contribution in [1.82, 2.24) is 0 Å². The molecule has 2 heteroatoms. The Balaban J connectivity index is 3.28. The molecule has 0 radical (unpaired) electrons. The fraction of sp³-hybridized carbons (Fsp3) is 0.571. The largest absolute Gasteiger partial charge is 0.508 e. The lowest BCUT2D eigenvalue weighted by Gasteiger charge is -2.23. The van der Waals surface area contributed by atoms with E-state index >= 15 is 0 Å². The summed E-state index contributed by atoms with van der Waals surface area (Å²) in [4.78, 5) is 0. The van der Waals surface area contributed by atoms with Crippen LogP contribution in [0.4, 0.5) is 0 Å². The van der Waals surface area contributed by atoms with Crippen LogP contribution in [0.1, 0.15) is 50.3 Å². The van der Waals surface area contributed by atoms with Crippen molar-refractivity contribution in [3.8, 4) is 5.75 Å². The number of phenols is 1. The van der Waals surface area contributed by atoms with Crippen LogP contribution in [0.3, 0.4) is 0 Å². The predicted octanol–water partition coefficient (Wildman–Crippen LogP) is 3.09. The summed E-state index contributed by atoms with van der Waals surface area (Å²) in [6.07, 6.45) is 0. The zero-order valence-corrected chi connectivity index (χ0v) is 10.8. The summed E-state index contributed by atoms with van der Waals surface area (Å²) >= 11 is 0. The molecule has 1 atom stereocenters. The van der Waals surface area contributed by atoms with Gasteiger partial charge in [-0.25, -0.2) is 0 Å². The first-order valence-corrected chi connectivity index (χ1v) is 5.72. The molecule has 0 fully saturated rings. The number of aromatic hydroxyl groups is 1. The maximum atomic E-state index is 10.0. The molecule has 0 spiro atoms. The Labute approximate surface area is 97.9 Å². The molecule has 0 heterocycles. The van der Waals surface area contributed by atoms with Crippen LogP contribution in [0.15, 0.2) is 12.1 Å². The van der Waals surface area contributed by atoms with Crippen LogP contribution >= 0.6 is 0 Å². The standard InChI is InChI=1S/C14H22O2/c1-9-6-12(14(3,4)5)13(16)7-11(9)10(2)8-15/h6-7,10,15-16H,8H2,1-5H3. The molecule has 0 aliphatic heterocycles. The fourth-order valence-corrected chi connectivity index (χ4v) is 1.94. The van der Waals surface area contributed by atoms with Gasteiger partial charge in [-0.15, -0.1) is 0 Å². The van der Waals surface area contributed by atoms with E-state index in [1.807, 2.05) is 19.9 Å². The minimum Gasteiger partial charge on any atom is -0.508 e. The van der Waals surface area contributed by atoms with Gasteiger partial charge >= 0.3 is 0 Å². The highest BCUT2D eigenvalue weighted by Gasteiger charge is 2.20. The second kappa shape index (κ2) is 4.46. The van der Waals surface area contributed by atoms with Crippen LogP contribution in [-0.4, -0.2) is 16.8 Å². The fourth-order valence-electron chi connectivity index (χ4n) is 1.94. The summed E-state index contributed by atoms with van der Waals surface area (Å²) in [5.74, 6) is 0.397. The number of hydrogen-bond donors (Lipinski definition) is 2. The second-order valence-corrected chi connectivity index (χ2v) is 5.56. The van der Waals surface area contributed by atoms with Gasteiger partial charge in [0.15, 0.2) is 0 Å². The van der Waals surface area contributed by atoms with E-state index in [1.165, 1.54) is 0 Å². The van der Waals surface area contributed by atoms with E-state index in [2.05, 4.69) is 20.8 Å². The van der Waals surface area contributed by atoms with E-state index in [-0.39, 0.29) is 17.9 Å². The molecule has 1 aromatic rings. The molecule has 1 rings (SSSR count). The first-order chi connectivity index (χ1) is 7.27. The van der Waals surface area contributed by atoms with Crippen molar-refractivity contribution in [2.24, 2.45) is 0 Å². The number of aliphatic hydroxyl groups excluding tert-OH is 1. The van der Waals surface area contributed by atoms with Gasteiger partial charge in [0.25, 0.3) is 0 Å².